The van der Waals surface area contributed by atoms with Crippen molar-refractivity contribution in [3.05, 3.63) is 155 Å². The monoisotopic (exact) mass is 1730 g/mol. The van der Waals surface area contributed by atoms with Gasteiger partial charge in [-0.3, -0.25) is 0 Å². The van der Waals surface area contributed by atoms with E-state index in [1.54, 1.807) is 32.2 Å². The second-order valence-corrected chi connectivity index (χ2v) is 29.7. The fourth-order valence-electron chi connectivity index (χ4n) is 13.0. The first-order valence-corrected chi connectivity index (χ1v) is 38.5. The van der Waals surface area contributed by atoms with E-state index >= 15 is 0 Å². The zero-order valence-corrected chi connectivity index (χ0v) is 64.4. The lowest BCUT2D eigenvalue weighted by molar-refractivity contribution is -0.145. The van der Waals surface area contributed by atoms with Gasteiger partial charge in [0.15, 0.2) is 80.5 Å². The average molecular weight is 1730 g/mol. The Labute approximate surface area is 677 Å². The molecule has 10 heterocycles. The van der Waals surface area contributed by atoms with Crippen LogP contribution in [0.2, 0.25) is 0 Å². The van der Waals surface area contributed by atoms with Gasteiger partial charge in [0.1, 0.15) is 39.2 Å². The normalized spacial score (nSPS) is 15.8. The third kappa shape index (κ3) is 19.8. The SMILES string of the molecule is CCCn1cnc2c(NC3CC3)nc(C(F)(F)F)nc21.COc1ccc(Cn2cnc3c(NC4CC4)nc(C(F)(F)F)nc32)cc1OC.FC(F)(F)c1nc(NC2CC2)c2ncn(C3CCCC3)c2n1.Fc1cccc(Cn2cnc3c(NC4CC4)nc(C(F)(F)F)nc32)c1F.Fc1cccc(F)c1Cn1cnc2c(NC3CC3)nc(C(F)(F)F)nc21. The van der Waals surface area contributed by atoms with Crippen LogP contribution in [-0.4, -0.2) is 142 Å². The third-order valence-corrected chi connectivity index (χ3v) is 19.9. The molecular formula is C76H72F19N25O2. The molecule has 5 N–H and O–H groups in total. The summed E-state index contributed by atoms with van der Waals surface area (Å²) in [4.78, 5) is 57.0. The maximum Gasteiger partial charge on any atom is 0.451 e. The van der Waals surface area contributed by atoms with Crippen LogP contribution in [0.3, 0.4) is 0 Å². The van der Waals surface area contributed by atoms with E-state index in [-0.39, 0.29) is 135 Å². The van der Waals surface area contributed by atoms with Crippen molar-refractivity contribution >= 4 is 84.9 Å². The molecule has 10 aromatic heterocycles. The minimum Gasteiger partial charge on any atom is -0.493 e. The van der Waals surface area contributed by atoms with E-state index in [2.05, 4.69) is 101 Å². The summed E-state index contributed by atoms with van der Waals surface area (Å²) in [7, 11) is 3.05. The zero-order chi connectivity index (χ0) is 86.5. The van der Waals surface area contributed by atoms with Gasteiger partial charge in [-0.25, -0.2) is 92.3 Å². The van der Waals surface area contributed by atoms with Crippen LogP contribution in [0.4, 0.5) is 113 Å². The van der Waals surface area contributed by atoms with Crippen LogP contribution in [0, 0.1) is 23.3 Å². The number of aromatic nitrogens is 20. The van der Waals surface area contributed by atoms with Gasteiger partial charge in [-0.15, -0.1) is 0 Å². The average Bonchev–Trinajstić information content (AvgIpc) is 1.48. The van der Waals surface area contributed by atoms with Crippen molar-refractivity contribution in [3.63, 3.8) is 0 Å². The number of methoxy groups -OCH3 is 2. The molecule has 646 valence electrons. The molecule has 6 saturated carbocycles. The van der Waals surface area contributed by atoms with Crippen molar-refractivity contribution in [2.45, 2.75) is 197 Å². The Bertz CT molecular complexity index is 5930. The lowest BCUT2D eigenvalue weighted by atomic mass is 10.2. The Morgan fingerprint density at radius 1 is 0.361 bits per heavy atom. The predicted molar refractivity (Wildman–Crippen MR) is 402 cm³/mol. The number of nitrogens with one attached hydrogen (secondary N) is 5. The van der Waals surface area contributed by atoms with Crippen LogP contribution < -0.4 is 36.1 Å². The molecule has 19 rings (SSSR count). The Kier molecular flexibility index (Phi) is 23.6. The fraction of sp³-hybridized carbons (Fsp3) is 0.434. The maximum absolute atomic E-state index is 13.9. The van der Waals surface area contributed by atoms with Gasteiger partial charge < -0.3 is 58.9 Å². The van der Waals surface area contributed by atoms with E-state index in [4.69, 9.17) is 9.47 Å². The van der Waals surface area contributed by atoms with Gasteiger partial charge in [-0.2, -0.15) is 65.9 Å². The molecule has 122 heavy (non-hydrogen) atoms. The summed E-state index contributed by atoms with van der Waals surface area (Å²) in [6.45, 7) is 2.24. The largest absolute Gasteiger partial charge is 0.493 e. The first-order chi connectivity index (χ1) is 58.0. The number of benzene rings is 3. The highest BCUT2D eigenvalue weighted by Crippen LogP contribution is 2.41. The molecule has 0 bridgehead atoms. The lowest BCUT2D eigenvalue weighted by Gasteiger charge is -2.14. The minimum absolute atomic E-state index is 0.0108. The molecule has 6 aliphatic carbocycles. The Balaban J connectivity index is 0.000000119. The van der Waals surface area contributed by atoms with Gasteiger partial charge in [0.2, 0.25) is 29.1 Å². The van der Waals surface area contributed by atoms with Gasteiger partial charge in [-0.05, 0) is 119 Å². The van der Waals surface area contributed by atoms with E-state index in [1.165, 1.54) is 66.9 Å². The molecule has 0 spiro atoms. The summed E-state index contributed by atoms with van der Waals surface area (Å²) in [6.07, 6.45) is -2.41. The number of halogens is 19. The van der Waals surface area contributed by atoms with E-state index in [9.17, 15) is 83.4 Å². The number of hydrogen-bond donors (Lipinski definition) is 5. The quantitative estimate of drug-likeness (QED) is 0.0418. The molecule has 0 saturated heterocycles. The fourth-order valence-corrected chi connectivity index (χ4v) is 13.0. The molecule has 6 aliphatic rings. The standard InChI is InChI=1S/C18H18F3N5O2.2C16H12F5N5.C14H16F3N5.C12H14F3N5/c1-27-12-6-3-10(7-13(12)28-2)8-26-9-22-14-15(23-11-4-5-11)24-17(18(19,20)21)25-16(14)26;17-10-2-1-3-11(18)9(10)6-26-7-22-12-13(23-8-4-5-8)24-15(16(19,20)21)25-14(12)26;17-10-3-1-2-8(11(10)18)6-26-7-22-12-13(23-9-4-5-9)24-15(16(19,20)21)25-14(12)26;15-14(16,17)13-20-11(19-8-5-6-8)10-12(21-13)22(7-18-10)9-3-1-2-4-9;1-2-5-20-6-16-8-9(17-7-3-4-7)18-11(12(13,14)15)19-10(8)20/h3,6-7,9,11H,4-5,8H2,1-2H3,(H,23,24,25);1-3,7-8H,4-6H2,(H,23,24,25);1-3,7,9H,4-6H2,(H,23,24,25);7-9H,1-6H2,(H,19,20,21);6-7H,2-5H2,1H3,(H,17,18,19). The number of alkyl halides is 15. The lowest BCUT2D eigenvalue weighted by Crippen LogP contribution is -2.15. The van der Waals surface area contributed by atoms with Crippen LogP contribution in [0.5, 0.6) is 11.5 Å². The molecule has 0 atom stereocenters. The van der Waals surface area contributed by atoms with E-state index in [0.29, 0.717) is 34.6 Å². The van der Waals surface area contributed by atoms with Crippen molar-refractivity contribution in [1.82, 2.24) is 97.6 Å². The summed E-state index contributed by atoms with van der Waals surface area (Å²) in [5, 5.41) is 14.9. The summed E-state index contributed by atoms with van der Waals surface area (Å²) >= 11 is 0. The van der Waals surface area contributed by atoms with Crippen LogP contribution >= 0.6 is 0 Å². The molecule has 27 nitrogen and oxygen atoms in total. The van der Waals surface area contributed by atoms with Crippen molar-refractivity contribution < 1.29 is 92.9 Å². The highest BCUT2D eigenvalue weighted by molar-refractivity contribution is 5.87. The van der Waals surface area contributed by atoms with E-state index in [0.717, 1.165) is 120 Å². The molecule has 3 aromatic carbocycles. The summed E-state index contributed by atoms with van der Waals surface area (Å²) in [5.74, 6) is -8.16. The zero-order valence-electron chi connectivity index (χ0n) is 64.4. The maximum atomic E-state index is 13.9. The summed E-state index contributed by atoms with van der Waals surface area (Å²) < 4.78 is 269. The molecule has 0 aliphatic heterocycles. The second kappa shape index (κ2) is 33.9. The van der Waals surface area contributed by atoms with Crippen molar-refractivity contribution in [2.24, 2.45) is 0 Å². The number of rotatable bonds is 21. The molecular weight excluding hydrogens is 1660 g/mol. The second-order valence-electron chi connectivity index (χ2n) is 29.7. The Morgan fingerprint density at radius 2 is 0.689 bits per heavy atom. The highest BCUT2D eigenvalue weighted by atomic mass is 19.4. The first-order valence-electron chi connectivity index (χ1n) is 38.5. The number of imidazole rings is 5. The van der Waals surface area contributed by atoms with E-state index < -0.39 is 83.3 Å². The van der Waals surface area contributed by atoms with Gasteiger partial charge in [0.25, 0.3) is 0 Å². The Morgan fingerprint density at radius 3 is 1.06 bits per heavy atom. The summed E-state index contributed by atoms with van der Waals surface area (Å²) in [6, 6.07) is 13.1. The third-order valence-electron chi connectivity index (χ3n) is 19.9. The van der Waals surface area contributed by atoms with Crippen LogP contribution in [0.15, 0.2) is 86.2 Å². The molecule has 13 aromatic rings. The van der Waals surface area contributed by atoms with Gasteiger partial charge >= 0.3 is 30.9 Å². The summed E-state index contributed by atoms with van der Waals surface area (Å²) in [5.41, 5.74) is 2.35. The highest BCUT2D eigenvalue weighted by Gasteiger charge is 2.43. The van der Waals surface area contributed by atoms with Gasteiger partial charge in [-0.1, -0.05) is 44.0 Å². The Hall–Kier alpha value is -12.3. The van der Waals surface area contributed by atoms with Crippen LogP contribution in [0.25, 0.3) is 55.8 Å². The molecule has 0 radical (unpaired) electrons. The van der Waals surface area contributed by atoms with E-state index in [1.807, 2.05) is 13.0 Å². The minimum atomic E-state index is -4.76. The molecule has 0 amide bonds. The van der Waals surface area contributed by atoms with Gasteiger partial charge in [0.05, 0.1) is 65.5 Å². The number of fused-ring (bicyclic) bond motifs is 5. The number of anilines is 5. The van der Waals surface area contributed by atoms with Gasteiger partial charge in [0, 0.05) is 53.9 Å². The topological polar surface area (TPSA) is 297 Å². The van der Waals surface area contributed by atoms with Crippen molar-refractivity contribution in [3.8, 4) is 11.5 Å². The first kappa shape index (κ1) is 84.7. The van der Waals surface area contributed by atoms with Crippen LogP contribution in [0.1, 0.15) is 155 Å². The number of hydrogen-bond acceptors (Lipinski definition) is 22. The number of ether oxygens (including phenoxy) is 2. The van der Waals surface area contributed by atoms with Crippen molar-refractivity contribution in [2.75, 3.05) is 40.8 Å². The van der Waals surface area contributed by atoms with Crippen LogP contribution in [-0.2, 0) is 57.1 Å². The number of aryl methyl sites for hydroxylation is 1. The predicted octanol–water partition coefficient (Wildman–Crippen LogP) is 17.3. The molecule has 6 fully saturated rings. The number of nitrogens with zero attached hydrogens (tertiary/aromatic N) is 20. The van der Waals surface area contributed by atoms with Crippen molar-refractivity contribution in [1.29, 1.82) is 0 Å². The smallest absolute Gasteiger partial charge is 0.451 e. The molecule has 0 unspecified atom stereocenters. The molecule has 46 heteroatoms.